The summed E-state index contributed by atoms with van der Waals surface area (Å²) in [6.45, 7) is 11.6. The van der Waals surface area contributed by atoms with Crippen molar-refractivity contribution < 1.29 is 19.8 Å². The van der Waals surface area contributed by atoms with Crippen LogP contribution in [0.15, 0.2) is 18.2 Å². The average Bonchev–Trinajstić information content (AvgIpc) is 2.71. The normalized spacial score (nSPS) is 33.6. The second-order valence-corrected chi connectivity index (χ2v) is 10.4. The second-order valence-electron chi connectivity index (χ2n) is 10.4. The van der Waals surface area contributed by atoms with Crippen LogP contribution < -0.4 is 5.73 Å². The van der Waals surface area contributed by atoms with Crippen LogP contribution in [-0.4, -0.2) is 28.8 Å². The Labute approximate surface area is 193 Å². The molecule has 0 bridgehead atoms. The molecular formula is C26H40N2O3. The highest BCUT2D eigenvalue weighted by molar-refractivity contribution is 5.79. The van der Waals surface area contributed by atoms with Crippen LogP contribution in [0.25, 0.3) is 5.57 Å². The van der Waals surface area contributed by atoms with Crippen LogP contribution in [0.5, 0.6) is 0 Å². The molecule has 0 saturated carbocycles. The molecule has 2 aliphatic rings. The lowest BCUT2D eigenvalue weighted by molar-refractivity contribution is -0.205. The zero-order valence-corrected chi connectivity index (χ0v) is 19.8. The van der Waals surface area contributed by atoms with E-state index in [2.05, 4.69) is 0 Å². The topological polar surface area (TPSA) is 74.4 Å². The highest BCUT2D eigenvalue weighted by Crippen LogP contribution is 2.45. The summed E-state index contributed by atoms with van der Waals surface area (Å²) in [5.41, 5.74) is 5.09. The van der Waals surface area contributed by atoms with Gasteiger partial charge in [0.2, 0.25) is 0 Å². The third kappa shape index (κ3) is 5.68. The minimum atomic E-state index is -1.84. The van der Waals surface area contributed by atoms with E-state index >= 15 is 0 Å². The summed E-state index contributed by atoms with van der Waals surface area (Å²) in [5, 5.41) is 0. The molecule has 5 heteroatoms. The Balaban J connectivity index is 2.01. The van der Waals surface area contributed by atoms with Crippen molar-refractivity contribution in [2.24, 2.45) is 5.41 Å². The van der Waals surface area contributed by atoms with Gasteiger partial charge in [-0.3, -0.25) is 4.98 Å². The fourth-order valence-electron chi connectivity index (χ4n) is 4.38. The standard InChI is InChI=1S/C26H40N2O3/c1-7-8-15-30-23(29)26(6)17-19(16-25(4,5)31-26)21-10-9-20(27)22(28-21)18-11-13-24(2,3)14-12-18/h9-11,19H,7-8,12-17,27H2,1-6H3/i11D,12D2,13D. The monoisotopic (exact) mass is 432 g/mol. The number of rotatable bonds is 6. The van der Waals surface area contributed by atoms with Gasteiger partial charge in [0.25, 0.3) is 0 Å². The zero-order valence-electron chi connectivity index (χ0n) is 23.8. The highest BCUT2D eigenvalue weighted by Gasteiger charge is 2.48. The number of carbonyl (C=O) groups is 1. The van der Waals surface area contributed by atoms with Crippen LogP contribution >= 0.6 is 0 Å². The van der Waals surface area contributed by atoms with Gasteiger partial charge in [-0.25, -0.2) is 4.79 Å². The van der Waals surface area contributed by atoms with Crippen LogP contribution in [-0.2, 0) is 14.3 Å². The van der Waals surface area contributed by atoms with E-state index in [1.54, 1.807) is 19.1 Å². The molecule has 5 nitrogen and oxygen atoms in total. The van der Waals surface area contributed by atoms with Gasteiger partial charge in [0.15, 0.2) is 5.60 Å². The minimum absolute atomic E-state index is 0.0840. The molecule has 172 valence electrons. The molecule has 3 rings (SSSR count). The number of nitrogen functional groups attached to an aromatic ring is 1. The van der Waals surface area contributed by atoms with E-state index in [1.807, 2.05) is 34.6 Å². The first kappa shape index (κ1) is 18.7. The van der Waals surface area contributed by atoms with Crippen LogP contribution in [0.4, 0.5) is 5.69 Å². The third-order valence-corrected chi connectivity index (χ3v) is 5.97. The van der Waals surface area contributed by atoms with Crippen LogP contribution in [0.3, 0.4) is 0 Å². The number of anilines is 1. The van der Waals surface area contributed by atoms with Gasteiger partial charge in [-0.15, -0.1) is 0 Å². The number of ether oxygens (including phenoxy) is 2. The first-order valence-electron chi connectivity index (χ1n) is 13.4. The number of pyridine rings is 1. The molecule has 1 aromatic heterocycles. The summed E-state index contributed by atoms with van der Waals surface area (Å²) in [6, 6.07) is 3.41. The van der Waals surface area contributed by atoms with Gasteiger partial charge in [-0.05, 0) is 82.3 Å². The van der Waals surface area contributed by atoms with Crippen molar-refractivity contribution in [3.8, 4) is 0 Å². The van der Waals surface area contributed by atoms with Gasteiger partial charge in [-0.2, -0.15) is 0 Å². The molecular weight excluding hydrogens is 388 g/mol. The minimum Gasteiger partial charge on any atom is -0.464 e. The van der Waals surface area contributed by atoms with Crippen molar-refractivity contribution in [3.05, 3.63) is 29.6 Å². The Bertz CT molecular complexity index is 1010. The Hall–Kier alpha value is -1.88. The summed E-state index contributed by atoms with van der Waals surface area (Å²) in [7, 11) is 0. The van der Waals surface area contributed by atoms with Crippen LogP contribution in [0, 0.1) is 5.41 Å². The number of carbonyl (C=O) groups excluding carboxylic acids is 1. The maximum absolute atomic E-state index is 13.0. The molecule has 2 heterocycles. The molecule has 1 aromatic rings. The Kier molecular flexibility index (Phi) is 5.38. The number of hydrogen-bond acceptors (Lipinski definition) is 5. The molecule has 0 spiro atoms. The lowest BCUT2D eigenvalue weighted by atomic mass is 9.77. The van der Waals surface area contributed by atoms with Gasteiger partial charge in [-0.1, -0.05) is 33.2 Å². The fourth-order valence-corrected chi connectivity index (χ4v) is 4.38. The number of aromatic nitrogens is 1. The van der Waals surface area contributed by atoms with Crippen molar-refractivity contribution in [3.63, 3.8) is 0 Å². The molecule has 1 fully saturated rings. The molecule has 1 aliphatic carbocycles. The maximum atomic E-state index is 13.0. The Morgan fingerprint density at radius 3 is 2.77 bits per heavy atom. The maximum Gasteiger partial charge on any atom is 0.338 e. The second kappa shape index (κ2) is 8.93. The Morgan fingerprint density at radius 2 is 2.06 bits per heavy atom. The van der Waals surface area contributed by atoms with E-state index in [4.69, 9.17) is 25.7 Å². The van der Waals surface area contributed by atoms with Gasteiger partial charge in [0, 0.05) is 15.7 Å². The van der Waals surface area contributed by atoms with E-state index in [0.717, 1.165) is 12.8 Å². The van der Waals surface area contributed by atoms with Gasteiger partial charge < -0.3 is 15.2 Å². The number of unbranched alkanes of at least 4 members (excludes halogenated alkanes) is 1. The van der Waals surface area contributed by atoms with Crippen molar-refractivity contribution >= 4 is 17.2 Å². The lowest BCUT2D eigenvalue weighted by Crippen LogP contribution is -2.52. The molecule has 0 radical (unpaired) electrons. The van der Waals surface area contributed by atoms with E-state index in [9.17, 15) is 4.79 Å². The average molecular weight is 433 g/mol. The van der Waals surface area contributed by atoms with Crippen molar-refractivity contribution in [1.29, 1.82) is 0 Å². The summed E-state index contributed by atoms with van der Waals surface area (Å²) < 4.78 is 46.3. The third-order valence-electron chi connectivity index (χ3n) is 5.97. The summed E-state index contributed by atoms with van der Waals surface area (Å²) in [5.74, 6) is -0.548. The smallest absolute Gasteiger partial charge is 0.338 e. The first-order valence-corrected chi connectivity index (χ1v) is 11.3. The molecule has 31 heavy (non-hydrogen) atoms. The van der Waals surface area contributed by atoms with Gasteiger partial charge >= 0.3 is 5.97 Å². The molecule has 2 N–H and O–H groups in total. The number of esters is 1. The molecule has 3 unspecified atom stereocenters. The predicted octanol–water partition coefficient (Wildman–Crippen LogP) is 6.03. The highest BCUT2D eigenvalue weighted by atomic mass is 16.6. The molecule has 0 amide bonds. The van der Waals surface area contributed by atoms with Gasteiger partial charge in [0.1, 0.15) is 0 Å². The first-order chi connectivity index (χ1) is 16.0. The van der Waals surface area contributed by atoms with E-state index in [1.165, 1.54) is 0 Å². The molecule has 1 aliphatic heterocycles. The predicted molar refractivity (Wildman–Crippen MR) is 126 cm³/mol. The molecule has 3 atom stereocenters. The molecule has 1 saturated heterocycles. The largest absolute Gasteiger partial charge is 0.464 e. The van der Waals surface area contributed by atoms with E-state index < -0.39 is 35.4 Å². The van der Waals surface area contributed by atoms with Crippen LogP contribution in [0.1, 0.15) is 109 Å². The SMILES string of the molecule is [2H]C1=C(c2nc(C3CC(C)(C)OC(C)(C(=O)OCCCC)C3)ccc2N)C([2H])([2H])CC(C)(C)C1[2H]. The summed E-state index contributed by atoms with van der Waals surface area (Å²) in [4.78, 5) is 17.7. The number of allylic oxidation sites excluding steroid dienone is 2. The zero-order chi connectivity index (χ0) is 26.4. The quantitative estimate of drug-likeness (QED) is 0.439. The molecule has 0 aromatic carbocycles. The fraction of sp³-hybridized carbons (Fsp3) is 0.692. The van der Waals surface area contributed by atoms with Gasteiger partial charge in [0.05, 0.1) is 25.0 Å². The summed E-state index contributed by atoms with van der Waals surface area (Å²) in [6.07, 6.45) is 0.0650. The Morgan fingerprint density at radius 1 is 1.32 bits per heavy atom. The number of nitrogens with two attached hydrogens (primary N) is 1. The van der Waals surface area contributed by atoms with E-state index in [0.29, 0.717) is 25.1 Å². The van der Waals surface area contributed by atoms with E-state index in [-0.39, 0.29) is 35.3 Å². The number of hydrogen-bond donors (Lipinski definition) is 1. The van der Waals surface area contributed by atoms with Crippen molar-refractivity contribution in [2.75, 3.05) is 12.3 Å². The summed E-state index contributed by atoms with van der Waals surface area (Å²) >= 11 is 0. The van der Waals surface area contributed by atoms with Crippen molar-refractivity contribution in [2.45, 2.75) is 104 Å². The number of nitrogens with zero attached hydrogens (tertiary/aromatic N) is 1. The van der Waals surface area contributed by atoms with Crippen LogP contribution in [0.2, 0.25) is 0 Å². The lowest BCUT2D eigenvalue weighted by Gasteiger charge is -2.45. The van der Waals surface area contributed by atoms with Crippen molar-refractivity contribution in [1.82, 2.24) is 4.98 Å².